The average molecular weight is 245 g/mol. The number of nitrogens with two attached hydrogens (primary N) is 1. The van der Waals surface area contributed by atoms with Crippen LogP contribution >= 0.6 is 11.5 Å². The Bertz CT molecular complexity index is 311. The van der Waals surface area contributed by atoms with Crippen LogP contribution in [-0.2, 0) is 0 Å². The lowest BCUT2D eigenvalue weighted by Gasteiger charge is -2.22. The second kappa shape index (κ2) is 6.55. The van der Waals surface area contributed by atoms with Gasteiger partial charge in [0.2, 0.25) is 0 Å². The molecule has 1 aromatic rings. The number of hydrogen-bond donors (Lipinski definition) is 2. The molecule has 0 fully saturated rings. The van der Waals surface area contributed by atoms with E-state index in [9.17, 15) is 0 Å². The normalized spacial score (nSPS) is 10.4. The van der Waals surface area contributed by atoms with Crippen molar-refractivity contribution in [3.63, 3.8) is 0 Å². The van der Waals surface area contributed by atoms with Crippen LogP contribution in [0.1, 0.15) is 20.3 Å². The van der Waals surface area contributed by atoms with Crippen LogP contribution in [0.3, 0.4) is 0 Å². The van der Waals surface area contributed by atoms with E-state index >= 15 is 0 Å². The zero-order chi connectivity index (χ0) is 12.0. The lowest BCUT2D eigenvalue weighted by molar-refractivity contribution is 0.300. The van der Waals surface area contributed by atoms with Crippen molar-refractivity contribution < 1.29 is 9.84 Å². The molecule has 3 N–H and O–H groups in total. The molecule has 0 radical (unpaired) electrons. The van der Waals surface area contributed by atoms with Gasteiger partial charge in [-0.3, -0.25) is 0 Å². The zero-order valence-corrected chi connectivity index (χ0v) is 10.6. The van der Waals surface area contributed by atoms with E-state index in [0.29, 0.717) is 24.7 Å². The highest BCUT2D eigenvalue weighted by atomic mass is 32.1. The predicted octanol–water partition coefficient (Wildman–Crippen LogP) is 1.33. The molecular weight excluding hydrogens is 226 g/mol. The topological polar surface area (TPSA) is 71.6 Å². The molecule has 6 heteroatoms. The van der Waals surface area contributed by atoms with Gasteiger partial charge in [-0.1, -0.05) is 6.92 Å². The molecular formula is C10H19N3O2S. The summed E-state index contributed by atoms with van der Waals surface area (Å²) in [6.45, 7) is 6.13. The maximum atomic E-state index is 9.02. The van der Waals surface area contributed by atoms with Crippen molar-refractivity contribution in [2.75, 3.05) is 36.9 Å². The van der Waals surface area contributed by atoms with E-state index in [0.717, 1.165) is 18.0 Å². The van der Waals surface area contributed by atoms with E-state index in [1.807, 2.05) is 6.92 Å². The summed E-state index contributed by atoms with van der Waals surface area (Å²) in [4.78, 5) is 2.05. The van der Waals surface area contributed by atoms with Gasteiger partial charge in [-0.25, -0.2) is 0 Å². The second-order valence-corrected chi connectivity index (χ2v) is 4.10. The maximum Gasteiger partial charge on any atom is 0.197 e. The Hall–Kier alpha value is -1.01. The van der Waals surface area contributed by atoms with Crippen LogP contribution in [0.5, 0.6) is 5.75 Å². The smallest absolute Gasteiger partial charge is 0.197 e. The van der Waals surface area contributed by atoms with Gasteiger partial charge in [-0.2, -0.15) is 4.37 Å². The molecule has 0 unspecified atom stereocenters. The Labute approximate surface area is 100.0 Å². The third kappa shape index (κ3) is 2.99. The van der Waals surface area contributed by atoms with E-state index in [4.69, 9.17) is 15.6 Å². The number of aliphatic hydroxyl groups excluding tert-OH is 1. The van der Waals surface area contributed by atoms with Crippen LogP contribution in [0.15, 0.2) is 0 Å². The number of hydrogen-bond acceptors (Lipinski definition) is 6. The van der Waals surface area contributed by atoms with Crippen molar-refractivity contribution in [1.82, 2.24) is 4.37 Å². The summed E-state index contributed by atoms with van der Waals surface area (Å²) in [6.07, 6.45) is 1.00. The number of anilines is 2. The molecule has 0 spiro atoms. The molecule has 0 amide bonds. The lowest BCUT2D eigenvalue weighted by atomic mass is 10.4. The lowest BCUT2D eigenvalue weighted by Crippen LogP contribution is -2.27. The molecule has 92 valence electrons. The first-order valence-corrected chi connectivity index (χ1v) is 6.25. The van der Waals surface area contributed by atoms with Gasteiger partial charge in [0.25, 0.3) is 0 Å². The molecule has 1 aromatic heterocycles. The van der Waals surface area contributed by atoms with Gasteiger partial charge in [-0.15, -0.1) is 0 Å². The maximum absolute atomic E-state index is 9.02. The van der Waals surface area contributed by atoms with Gasteiger partial charge in [0.15, 0.2) is 16.6 Å². The van der Waals surface area contributed by atoms with Crippen LogP contribution in [0, 0.1) is 0 Å². The Balaban J connectivity index is 2.89. The Morgan fingerprint density at radius 3 is 2.75 bits per heavy atom. The fourth-order valence-corrected chi connectivity index (χ4v) is 2.28. The summed E-state index contributed by atoms with van der Waals surface area (Å²) in [7, 11) is 0. The van der Waals surface area contributed by atoms with Gasteiger partial charge in [0, 0.05) is 13.1 Å². The third-order valence-corrected chi connectivity index (χ3v) is 3.00. The molecule has 0 aliphatic carbocycles. The minimum absolute atomic E-state index is 0.114. The molecule has 0 aromatic carbocycles. The predicted molar refractivity (Wildman–Crippen MR) is 67.3 cm³/mol. The molecule has 0 saturated heterocycles. The number of nitrogens with zero attached hydrogens (tertiary/aromatic N) is 2. The highest BCUT2D eigenvalue weighted by Crippen LogP contribution is 2.38. The highest BCUT2D eigenvalue weighted by Gasteiger charge is 2.18. The van der Waals surface area contributed by atoms with Gasteiger partial charge in [0.05, 0.1) is 13.2 Å². The Morgan fingerprint density at radius 1 is 1.44 bits per heavy atom. The van der Waals surface area contributed by atoms with E-state index in [2.05, 4.69) is 16.2 Å². The van der Waals surface area contributed by atoms with Crippen molar-refractivity contribution in [3.8, 4) is 5.75 Å². The summed E-state index contributed by atoms with van der Waals surface area (Å²) < 4.78 is 9.57. The first-order valence-electron chi connectivity index (χ1n) is 5.48. The van der Waals surface area contributed by atoms with Gasteiger partial charge >= 0.3 is 0 Å². The fraction of sp³-hybridized carbons (Fsp3) is 0.700. The summed E-state index contributed by atoms with van der Waals surface area (Å²) in [5.74, 6) is 1.08. The first kappa shape index (κ1) is 13.1. The number of aromatic nitrogens is 1. The summed E-state index contributed by atoms with van der Waals surface area (Å²) in [5.41, 5.74) is 5.74. The largest absolute Gasteiger partial charge is 0.487 e. The molecule has 0 aliphatic heterocycles. The molecule has 0 saturated carbocycles. The second-order valence-electron chi connectivity index (χ2n) is 3.35. The molecule has 0 atom stereocenters. The minimum Gasteiger partial charge on any atom is -0.487 e. The van der Waals surface area contributed by atoms with Gasteiger partial charge < -0.3 is 20.5 Å². The molecule has 5 nitrogen and oxygen atoms in total. The van der Waals surface area contributed by atoms with Crippen LogP contribution < -0.4 is 15.4 Å². The van der Waals surface area contributed by atoms with E-state index in [1.165, 1.54) is 11.5 Å². The molecule has 0 aliphatic rings. The number of aliphatic hydroxyl groups is 1. The van der Waals surface area contributed by atoms with Gasteiger partial charge in [-0.05, 0) is 24.9 Å². The first-order chi connectivity index (χ1) is 7.74. The van der Waals surface area contributed by atoms with Crippen molar-refractivity contribution in [3.05, 3.63) is 0 Å². The van der Waals surface area contributed by atoms with Crippen LogP contribution in [-0.4, -0.2) is 35.8 Å². The van der Waals surface area contributed by atoms with Gasteiger partial charge in [0.1, 0.15) is 0 Å². The molecule has 0 bridgehead atoms. The van der Waals surface area contributed by atoms with E-state index in [1.54, 1.807) is 0 Å². The van der Waals surface area contributed by atoms with Crippen LogP contribution in [0.25, 0.3) is 0 Å². The van der Waals surface area contributed by atoms with Crippen molar-refractivity contribution >= 4 is 22.4 Å². The zero-order valence-electron chi connectivity index (χ0n) is 9.77. The molecule has 1 rings (SSSR count). The van der Waals surface area contributed by atoms with E-state index < -0.39 is 0 Å². The van der Waals surface area contributed by atoms with Crippen molar-refractivity contribution in [1.29, 1.82) is 0 Å². The number of rotatable bonds is 7. The summed E-state index contributed by atoms with van der Waals surface area (Å²) >= 11 is 1.32. The monoisotopic (exact) mass is 245 g/mol. The fourth-order valence-electron chi connectivity index (χ4n) is 1.47. The quantitative estimate of drug-likeness (QED) is 0.758. The summed E-state index contributed by atoms with van der Waals surface area (Å²) in [6, 6.07) is 0. The van der Waals surface area contributed by atoms with E-state index in [-0.39, 0.29) is 6.61 Å². The number of nitrogen functional groups attached to an aromatic ring is 1. The SMILES string of the molecule is CCCN(CCO)c1snc(N)c1OCC. The summed E-state index contributed by atoms with van der Waals surface area (Å²) in [5, 5.41) is 9.93. The third-order valence-electron chi connectivity index (χ3n) is 2.10. The van der Waals surface area contributed by atoms with Crippen LogP contribution in [0.2, 0.25) is 0 Å². The van der Waals surface area contributed by atoms with Crippen molar-refractivity contribution in [2.45, 2.75) is 20.3 Å². The average Bonchev–Trinajstić information content (AvgIpc) is 2.61. The Morgan fingerprint density at radius 2 is 2.19 bits per heavy atom. The standard InChI is InChI=1S/C10H19N3O2S/c1-3-5-13(6-7-14)10-8(15-4-2)9(11)12-16-10/h14H,3-7H2,1-2H3,(H2,11,12). The minimum atomic E-state index is 0.114. The number of ether oxygens (including phenoxy) is 1. The van der Waals surface area contributed by atoms with Crippen molar-refractivity contribution in [2.24, 2.45) is 0 Å². The molecule has 1 heterocycles. The Kier molecular flexibility index (Phi) is 5.34. The highest BCUT2D eigenvalue weighted by molar-refractivity contribution is 7.11. The van der Waals surface area contributed by atoms with Crippen LogP contribution in [0.4, 0.5) is 10.8 Å². The molecule has 16 heavy (non-hydrogen) atoms.